The highest BCUT2D eigenvalue weighted by molar-refractivity contribution is 6.17. The van der Waals surface area contributed by atoms with Gasteiger partial charge in [0.25, 0.3) is 0 Å². The Hall–Kier alpha value is -3.93. The average Bonchev–Trinajstić information content (AvgIpc) is 3.13. The number of fused-ring (bicyclic) bond motifs is 1. The molecule has 0 radical (unpaired) electrons. The van der Waals surface area contributed by atoms with Crippen LogP contribution in [0, 0.1) is 0 Å². The Labute approximate surface area is 173 Å². The third-order valence-electron chi connectivity index (χ3n) is 4.64. The van der Waals surface area contributed by atoms with Crippen molar-refractivity contribution < 1.29 is 23.8 Å². The van der Waals surface area contributed by atoms with E-state index in [0.29, 0.717) is 11.3 Å². The Morgan fingerprint density at radius 3 is 2.67 bits per heavy atom. The van der Waals surface area contributed by atoms with Crippen LogP contribution < -0.4 is 9.47 Å². The number of hydrogen-bond acceptors (Lipinski definition) is 6. The molecular weight excluding hydrogens is 382 g/mol. The molecule has 150 valence electrons. The van der Waals surface area contributed by atoms with Crippen molar-refractivity contribution in [3.05, 3.63) is 77.5 Å². The number of nitrogens with zero attached hydrogens (tertiary/aromatic N) is 1. The van der Waals surface area contributed by atoms with Gasteiger partial charge in [0.1, 0.15) is 0 Å². The predicted octanol–water partition coefficient (Wildman–Crippen LogP) is 4.51. The zero-order valence-corrected chi connectivity index (χ0v) is 16.5. The first-order chi connectivity index (χ1) is 14.6. The summed E-state index contributed by atoms with van der Waals surface area (Å²) < 4.78 is 16.0. The van der Waals surface area contributed by atoms with Crippen molar-refractivity contribution in [3.8, 4) is 11.5 Å². The number of benzene rings is 3. The summed E-state index contributed by atoms with van der Waals surface area (Å²) in [5.41, 5.74) is 1.54. The molecule has 0 saturated heterocycles. The van der Waals surface area contributed by atoms with Crippen LogP contribution >= 0.6 is 0 Å². The molecule has 1 heterocycles. The summed E-state index contributed by atoms with van der Waals surface area (Å²) in [6, 6.07) is 18.6. The van der Waals surface area contributed by atoms with Crippen molar-refractivity contribution in [2.45, 2.75) is 13.3 Å². The van der Waals surface area contributed by atoms with Gasteiger partial charge in [-0.15, -0.1) is 0 Å². The molecule has 0 bridgehead atoms. The zero-order valence-electron chi connectivity index (χ0n) is 16.5. The molecule has 0 unspecified atom stereocenters. The van der Waals surface area contributed by atoms with E-state index in [1.54, 1.807) is 31.2 Å². The Morgan fingerprint density at radius 1 is 1.07 bits per heavy atom. The molecule has 0 fully saturated rings. The van der Waals surface area contributed by atoms with Crippen LogP contribution in [0.15, 0.2) is 71.4 Å². The number of esters is 2. The van der Waals surface area contributed by atoms with E-state index >= 15 is 0 Å². The van der Waals surface area contributed by atoms with Crippen LogP contribution in [0.5, 0.6) is 11.5 Å². The van der Waals surface area contributed by atoms with Crippen LogP contribution in [-0.2, 0) is 14.3 Å². The summed E-state index contributed by atoms with van der Waals surface area (Å²) in [6.45, 7) is 1.71. The Morgan fingerprint density at radius 2 is 1.87 bits per heavy atom. The number of carbonyl (C=O) groups is 2. The van der Waals surface area contributed by atoms with Crippen molar-refractivity contribution in [2.75, 3.05) is 7.11 Å². The fourth-order valence-corrected chi connectivity index (χ4v) is 3.15. The van der Waals surface area contributed by atoms with Crippen molar-refractivity contribution in [1.82, 2.24) is 0 Å². The standard InChI is InChI=1S/C24H19NO5/c1-3-22(26)29-21-14-15(11-12-20(21)28-2)13-19-24(27)30-23(25-19)18-10-6-8-16-7-4-5-9-17(16)18/h4-14H,3H2,1-2H3/b19-13+. The van der Waals surface area contributed by atoms with E-state index in [1.165, 1.54) is 7.11 Å². The summed E-state index contributed by atoms with van der Waals surface area (Å²) in [7, 11) is 1.49. The number of rotatable bonds is 5. The summed E-state index contributed by atoms with van der Waals surface area (Å²) in [5, 5.41) is 1.98. The quantitative estimate of drug-likeness (QED) is 0.357. The van der Waals surface area contributed by atoms with Gasteiger partial charge in [-0.25, -0.2) is 9.79 Å². The minimum Gasteiger partial charge on any atom is -0.493 e. The predicted molar refractivity (Wildman–Crippen MR) is 113 cm³/mol. The molecule has 6 nitrogen and oxygen atoms in total. The lowest BCUT2D eigenvalue weighted by molar-refractivity contribution is -0.134. The van der Waals surface area contributed by atoms with Gasteiger partial charge in [-0.05, 0) is 40.6 Å². The van der Waals surface area contributed by atoms with Gasteiger partial charge in [0, 0.05) is 12.0 Å². The summed E-state index contributed by atoms with van der Waals surface area (Å²) in [5.74, 6) is 0.0425. The van der Waals surface area contributed by atoms with Gasteiger partial charge in [-0.2, -0.15) is 0 Å². The lowest BCUT2D eigenvalue weighted by Crippen LogP contribution is -2.07. The van der Waals surface area contributed by atoms with Gasteiger partial charge >= 0.3 is 11.9 Å². The van der Waals surface area contributed by atoms with Crippen LogP contribution in [0.25, 0.3) is 16.8 Å². The monoisotopic (exact) mass is 401 g/mol. The van der Waals surface area contributed by atoms with Crippen molar-refractivity contribution in [3.63, 3.8) is 0 Å². The molecule has 0 atom stereocenters. The second kappa shape index (κ2) is 8.21. The molecule has 0 saturated carbocycles. The number of methoxy groups -OCH3 is 1. The van der Waals surface area contributed by atoms with Crippen LogP contribution in [0.1, 0.15) is 24.5 Å². The SMILES string of the molecule is CCC(=O)Oc1cc(/C=C2/N=C(c3cccc4ccccc34)OC2=O)ccc1OC. The molecule has 0 N–H and O–H groups in total. The highest BCUT2D eigenvalue weighted by Crippen LogP contribution is 2.30. The van der Waals surface area contributed by atoms with Crippen molar-refractivity contribution in [1.29, 1.82) is 0 Å². The summed E-state index contributed by atoms with van der Waals surface area (Å²) in [4.78, 5) is 28.5. The molecule has 3 aromatic carbocycles. The second-order valence-electron chi connectivity index (χ2n) is 6.60. The van der Waals surface area contributed by atoms with E-state index in [9.17, 15) is 9.59 Å². The average molecular weight is 401 g/mol. The lowest BCUT2D eigenvalue weighted by atomic mass is 10.0. The molecule has 6 heteroatoms. The number of aliphatic imine (C=N–C) groups is 1. The molecule has 1 aliphatic rings. The molecule has 1 aliphatic heterocycles. The first-order valence-corrected chi connectivity index (χ1v) is 9.48. The fraction of sp³-hybridized carbons (Fsp3) is 0.125. The topological polar surface area (TPSA) is 74.2 Å². The number of carbonyl (C=O) groups excluding carboxylic acids is 2. The van der Waals surface area contributed by atoms with E-state index in [1.807, 2.05) is 42.5 Å². The molecule has 4 rings (SSSR count). The van der Waals surface area contributed by atoms with E-state index < -0.39 is 5.97 Å². The van der Waals surface area contributed by atoms with Gasteiger partial charge in [-0.1, -0.05) is 49.4 Å². The van der Waals surface area contributed by atoms with E-state index in [-0.39, 0.29) is 29.7 Å². The maximum absolute atomic E-state index is 12.4. The van der Waals surface area contributed by atoms with Crippen molar-refractivity contribution in [2.24, 2.45) is 4.99 Å². The maximum atomic E-state index is 12.4. The minimum atomic E-state index is -0.541. The van der Waals surface area contributed by atoms with Gasteiger partial charge in [0.15, 0.2) is 17.2 Å². The highest BCUT2D eigenvalue weighted by Gasteiger charge is 2.25. The maximum Gasteiger partial charge on any atom is 0.363 e. The van der Waals surface area contributed by atoms with E-state index in [4.69, 9.17) is 14.2 Å². The fourth-order valence-electron chi connectivity index (χ4n) is 3.15. The van der Waals surface area contributed by atoms with Crippen LogP contribution in [0.2, 0.25) is 0 Å². The molecule has 0 amide bonds. The van der Waals surface area contributed by atoms with Crippen LogP contribution in [0.3, 0.4) is 0 Å². The number of cyclic esters (lactones) is 1. The van der Waals surface area contributed by atoms with Crippen LogP contribution in [0.4, 0.5) is 0 Å². The smallest absolute Gasteiger partial charge is 0.363 e. The largest absolute Gasteiger partial charge is 0.493 e. The molecule has 0 aliphatic carbocycles. The number of ether oxygens (including phenoxy) is 3. The Kier molecular flexibility index (Phi) is 5.30. The molecule has 30 heavy (non-hydrogen) atoms. The first-order valence-electron chi connectivity index (χ1n) is 9.48. The molecule has 3 aromatic rings. The molecular formula is C24H19NO5. The van der Waals surface area contributed by atoms with E-state index in [0.717, 1.165) is 16.3 Å². The third kappa shape index (κ3) is 3.80. The highest BCUT2D eigenvalue weighted by atomic mass is 16.6. The second-order valence-corrected chi connectivity index (χ2v) is 6.60. The minimum absolute atomic E-state index is 0.163. The summed E-state index contributed by atoms with van der Waals surface area (Å²) in [6.07, 6.45) is 1.82. The van der Waals surface area contributed by atoms with Gasteiger partial charge in [0.2, 0.25) is 5.90 Å². The Bertz CT molecular complexity index is 1200. The van der Waals surface area contributed by atoms with Gasteiger partial charge < -0.3 is 14.2 Å². The Balaban J connectivity index is 1.70. The van der Waals surface area contributed by atoms with Gasteiger partial charge in [-0.3, -0.25) is 4.79 Å². The van der Waals surface area contributed by atoms with E-state index in [2.05, 4.69) is 4.99 Å². The van der Waals surface area contributed by atoms with Crippen LogP contribution in [-0.4, -0.2) is 24.9 Å². The van der Waals surface area contributed by atoms with Gasteiger partial charge in [0.05, 0.1) is 7.11 Å². The normalized spacial score (nSPS) is 14.5. The number of hydrogen-bond donors (Lipinski definition) is 0. The molecule has 0 spiro atoms. The third-order valence-corrected chi connectivity index (χ3v) is 4.64. The van der Waals surface area contributed by atoms with Crippen molar-refractivity contribution >= 4 is 34.7 Å². The molecule has 0 aromatic heterocycles. The summed E-state index contributed by atoms with van der Waals surface area (Å²) >= 11 is 0. The zero-order chi connectivity index (χ0) is 21.1. The lowest BCUT2D eigenvalue weighted by Gasteiger charge is -2.09. The first kappa shape index (κ1) is 19.4.